The number of benzene rings is 1. The van der Waals surface area contributed by atoms with E-state index < -0.39 is 17.6 Å². The summed E-state index contributed by atoms with van der Waals surface area (Å²) in [6, 6.07) is 4.52. The third-order valence-electron chi connectivity index (χ3n) is 5.61. The molecule has 1 aromatic carbocycles. The fraction of sp³-hybridized carbons (Fsp3) is 0.444. The monoisotopic (exact) mass is 334 g/mol. The predicted molar refractivity (Wildman–Crippen MR) is 81.9 cm³/mol. The lowest BCUT2D eigenvalue weighted by Gasteiger charge is -2.11. The van der Waals surface area contributed by atoms with Crippen molar-refractivity contribution in [1.29, 1.82) is 0 Å². The van der Waals surface area contributed by atoms with Crippen molar-refractivity contribution in [1.82, 2.24) is 9.78 Å². The highest BCUT2D eigenvalue weighted by Crippen LogP contribution is 2.70. The molecule has 1 aromatic heterocycles. The molecule has 6 heteroatoms. The highest BCUT2D eigenvalue weighted by atomic mass is 19.4. The summed E-state index contributed by atoms with van der Waals surface area (Å²) in [6.45, 7) is 6.28. The van der Waals surface area contributed by atoms with Crippen molar-refractivity contribution in [2.24, 2.45) is 11.3 Å². The maximum absolute atomic E-state index is 12.9. The van der Waals surface area contributed by atoms with Crippen molar-refractivity contribution in [2.45, 2.75) is 39.3 Å². The van der Waals surface area contributed by atoms with E-state index in [0.717, 1.165) is 35.5 Å². The number of carbonyl (C=O) groups excluding carboxylic acids is 1. The molecule has 126 valence electrons. The Labute approximate surface area is 137 Å². The van der Waals surface area contributed by atoms with E-state index in [-0.39, 0.29) is 11.0 Å². The minimum absolute atomic E-state index is 0.00922. The number of fused-ring (bicyclic) bond motifs is 3. The topological polar surface area (TPSA) is 34.9 Å². The van der Waals surface area contributed by atoms with Crippen molar-refractivity contribution in [3.63, 3.8) is 0 Å². The second-order valence-electron chi connectivity index (χ2n) is 7.35. The number of rotatable bonds is 1. The van der Waals surface area contributed by atoms with E-state index in [4.69, 9.17) is 0 Å². The van der Waals surface area contributed by atoms with Crippen molar-refractivity contribution in [3.05, 3.63) is 52.3 Å². The summed E-state index contributed by atoms with van der Waals surface area (Å²) in [7, 11) is 0. The van der Waals surface area contributed by atoms with Crippen LogP contribution in [0.15, 0.2) is 24.3 Å². The van der Waals surface area contributed by atoms with Crippen LogP contribution in [0.3, 0.4) is 0 Å². The van der Waals surface area contributed by atoms with Crippen molar-refractivity contribution in [2.75, 3.05) is 0 Å². The number of hydrogen-bond donors (Lipinski definition) is 0. The minimum atomic E-state index is -4.47. The highest BCUT2D eigenvalue weighted by Gasteiger charge is 2.64. The van der Waals surface area contributed by atoms with Gasteiger partial charge in [-0.05, 0) is 48.8 Å². The van der Waals surface area contributed by atoms with Gasteiger partial charge in [0.05, 0.1) is 17.0 Å². The summed E-state index contributed by atoms with van der Waals surface area (Å²) >= 11 is 0. The minimum Gasteiger partial charge on any atom is -0.267 e. The van der Waals surface area contributed by atoms with Gasteiger partial charge in [-0.2, -0.15) is 18.3 Å². The van der Waals surface area contributed by atoms with Crippen LogP contribution in [-0.2, 0) is 12.6 Å². The molecule has 4 rings (SSSR count). The van der Waals surface area contributed by atoms with Gasteiger partial charge in [0.1, 0.15) is 0 Å². The summed E-state index contributed by atoms with van der Waals surface area (Å²) in [5.41, 5.74) is 2.20. The van der Waals surface area contributed by atoms with Gasteiger partial charge in [-0.3, -0.25) is 4.79 Å². The Morgan fingerprint density at radius 3 is 2.71 bits per heavy atom. The van der Waals surface area contributed by atoms with Crippen LogP contribution in [-0.4, -0.2) is 15.7 Å². The second-order valence-corrected chi connectivity index (χ2v) is 7.35. The molecule has 0 saturated heterocycles. The summed E-state index contributed by atoms with van der Waals surface area (Å²) in [6.07, 6.45) is -3.71. The molecule has 1 fully saturated rings. The van der Waals surface area contributed by atoms with E-state index in [1.165, 1.54) is 16.8 Å². The quantitative estimate of drug-likeness (QED) is 0.784. The molecule has 0 unspecified atom stereocenters. The van der Waals surface area contributed by atoms with Crippen molar-refractivity contribution in [3.8, 4) is 0 Å². The molecule has 1 saturated carbocycles. The fourth-order valence-electron chi connectivity index (χ4n) is 4.21. The Balaban J connectivity index is 1.73. The van der Waals surface area contributed by atoms with E-state index in [9.17, 15) is 18.0 Å². The number of nitrogens with zero attached hydrogens (tertiary/aromatic N) is 2. The van der Waals surface area contributed by atoms with Crippen LogP contribution in [0.5, 0.6) is 0 Å². The van der Waals surface area contributed by atoms with E-state index >= 15 is 0 Å². The van der Waals surface area contributed by atoms with Crippen molar-refractivity contribution >= 4 is 5.91 Å². The Bertz CT molecular complexity index is 864. The van der Waals surface area contributed by atoms with Crippen LogP contribution in [0.25, 0.3) is 0 Å². The highest BCUT2D eigenvalue weighted by molar-refractivity contribution is 5.96. The zero-order chi connectivity index (χ0) is 17.4. The average Bonchev–Trinajstić information content (AvgIpc) is 2.84. The molecule has 0 spiro atoms. The first-order valence-electron chi connectivity index (χ1n) is 7.92. The van der Waals surface area contributed by atoms with E-state index in [0.29, 0.717) is 11.8 Å². The van der Waals surface area contributed by atoms with Crippen LogP contribution in [0.4, 0.5) is 13.2 Å². The number of hydrogen-bond acceptors (Lipinski definition) is 2. The maximum atomic E-state index is 12.9. The second kappa shape index (κ2) is 4.49. The third kappa shape index (κ3) is 1.98. The predicted octanol–water partition coefficient (Wildman–Crippen LogP) is 4.19. The standard InChI is InChI=1S/C18H17F3N2O/c1-9-14-13(8-12-15(14)17(12,2)3)23(22-9)16(24)10-5-4-6-11(7-10)18(19,20)21/h4-7,12,15H,8H2,1-3H3/t12-,15-/m1/s1. The number of carbonyl (C=O) groups is 1. The lowest BCUT2D eigenvalue weighted by atomic mass is 9.98. The Morgan fingerprint density at radius 1 is 1.33 bits per heavy atom. The van der Waals surface area contributed by atoms with Gasteiger partial charge in [-0.15, -0.1) is 0 Å². The SMILES string of the molecule is Cc1nn(C(=O)c2cccc(C(F)(F)F)c2)c2c1[C@H]1[C@@H](C2)C1(C)C. The Kier molecular flexibility index (Phi) is 2.89. The van der Waals surface area contributed by atoms with Gasteiger partial charge in [-0.25, -0.2) is 4.68 Å². The molecule has 2 aromatic rings. The van der Waals surface area contributed by atoms with Gasteiger partial charge in [0.2, 0.25) is 0 Å². The van der Waals surface area contributed by atoms with E-state index in [1.807, 2.05) is 6.92 Å². The first-order chi connectivity index (χ1) is 11.1. The number of halogens is 3. The maximum Gasteiger partial charge on any atom is 0.416 e. The summed E-state index contributed by atoms with van der Waals surface area (Å²) in [5.74, 6) is 0.421. The van der Waals surface area contributed by atoms with Gasteiger partial charge < -0.3 is 0 Å². The molecular formula is C18H17F3N2O. The molecular weight excluding hydrogens is 317 g/mol. The summed E-state index contributed by atoms with van der Waals surface area (Å²) < 4.78 is 39.9. The van der Waals surface area contributed by atoms with Gasteiger partial charge in [0.15, 0.2) is 0 Å². The van der Waals surface area contributed by atoms with E-state index in [1.54, 1.807) is 0 Å². The lowest BCUT2D eigenvalue weighted by molar-refractivity contribution is -0.137. The van der Waals surface area contributed by atoms with E-state index in [2.05, 4.69) is 18.9 Å². The molecule has 0 radical (unpaired) electrons. The summed E-state index contributed by atoms with van der Waals surface area (Å²) in [5, 5.41) is 4.33. The molecule has 24 heavy (non-hydrogen) atoms. The van der Waals surface area contributed by atoms with Crippen LogP contribution < -0.4 is 0 Å². The first kappa shape index (κ1) is 15.4. The van der Waals surface area contributed by atoms with Crippen LogP contribution in [0.1, 0.15) is 52.6 Å². The van der Waals surface area contributed by atoms with Crippen LogP contribution >= 0.6 is 0 Å². The Hall–Kier alpha value is -2.11. The molecule has 0 aliphatic heterocycles. The third-order valence-corrected chi connectivity index (χ3v) is 5.61. The zero-order valence-electron chi connectivity index (χ0n) is 13.6. The largest absolute Gasteiger partial charge is 0.416 e. The lowest BCUT2D eigenvalue weighted by Crippen LogP contribution is -2.18. The van der Waals surface area contributed by atoms with Crippen LogP contribution in [0.2, 0.25) is 0 Å². The fourth-order valence-corrected chi connectivity index (χ4v) is 4.21. The number of aromatic nitrogens is 2. The van der Waals surface area contributed by atoms with Gasteiger partial charge >= 0.3 is 6.18 Å². The van der Waals surface area contributed by atoms with Crippen molar-refractivity contribution < 1.29 is 18.0 Å². The molecule has 0 bridgehead atoms. The van der Waals surface area contributed by atoms with Gasteiger partial charge in [0, 0.05) is 11.1 Å². The number of alkyl halides is 3. The van der Waals surface area contributed by atoms with Gasteiger partial charge in [-0.1, -0.05) is 19.9 Å². The molecule has 2 atom stereocenters. The zero-order valence-corrected chi connectivity index (χ0v) is 13.6. The molecule has 2 aliphatic rings. The molecule has 1 heterocycles. The smallest absolute Gasteiger partial charge is 0.267 e. The Morgan fingerprint density at radius 2 is 2.04 bits per heavy atom. The molecule has 2 aliphatic carbocycles. The summed E-state index contributed by atoms with van der Waals surface area (Å²) in [4.78, 5) is 12.7. The average molecular weight is 334 g/mol. The molecule has 0 N–H and O–H groups in total. The normalized spacial score (nSPS) is 23.8. The van der Waals surface area contributed by atoms with Gasteiger partial charge in [0.25, 0.3) is 5.91 Å². The molecule has 3 nitrogen and oxygen atoms in total. The first-order valence-corrected chi connectivity index (χ1v) is 7.92. The number of aryl methyl sites for hydroxylation is 1. The molecule has 0 amide bonds. The van der Waals surface area contributed by atoms with Crippen LogP contribution in [0, 0.1) is 18.3 Å².